The number of amides is 2. The molecule has 9 heteroatoms. The summed E-state index contributed by atoms with van der Waals surface area (Å²) in [6, 6.07) is 16.1. The van der Waals surface area contributed by atoms with E-state index in [9.17, 15) is 14.0 Å². The van der Waals surface area contributed by atoms with Crippen molar-refractivity contribution in [3.63, 3.8) is 0 Å². The van der Waals surface area contributed by atoms with Gasteiger partial charge < -0.3 is 20.1 Å². The Kier molecular flexibility index (Phi) is 7.97. The zero-order valence-corrected chi connectivity index (χ0v) is 19.9. The number of methoxy groups -OCH3 is 1. The first kappa shape index (κ1) is 24.7. The summed E-state index contributed by atoms with van der Waals surface area (Å²) in [7, 11) is 1.45. The van der Waals surface area contributed by atoms with Crippen LogP contribution >= 0.6 is 11.6 Å². The van der Waals surface area contributed by atoms with E-state index < -0.39 is 11.7 Å². The van der Waals surface area contributed by atoms with Crippen molar-refractivity contribution in [2.45, 2.75) is 6.54 Å². The van der Waals surface area contributed by atoms with Crippen LogP contribution < -0.4 is 15.4 Å². The monoisotopic (exact) mass is 497 g/mol. The van der Waals surface area contributed by atoms with Crippen molar-refractivity contribution in [2.24, 2.45) is 0 Å². The zero-order chi connectivity index (χ0) is 24.8. The molecule has 0 radical (unpaired) electrons. The number of carbonyl (C=O) groups is 2. The number of ether oxygens (including phenoxy) is 2. The van der Waals surface area contributed by atoms with E-state index in [4.69, 9.17) is 21.1 Å². The maximum Gasteiger partial charge on any atom is 0.258 e. The molecule has 0 unspecified atom stereocenters. The number of carbonyl (C=O) groups excluding carboxylic acids is 2. The number of hydrogen-bond donors (Lipinski definition) is 2. The van der Waals surface area contributed by atoms with Gasteiger partial charge in [-0.15, -0.1) is 0 Å². The predicted octanol–water partition coefficient (Wildman–Crippen LogP) is 4.82. The van der Waals surface area contributed by atoms with E-state index >= 15 is 0 Å². The predicted molar refractivity (Wildman–Crippen MR) is 133 cm³/mol. The molecule has 0 spiro atoms. The lowest BCUT2D eigenvalue weighted by Crippen LogP contribution is -2.35. The summed E-state index contributed by atoms with van der Waals surface area (Å²) in [5, 5.41) is 5.66. The molecule has 1 aliphatic heterocycles. The van der Waals surface area contributed by atoms with E-state index in [1.54, 1.807) is 24.3 Å². The van der Waals surface area contributed by atoms with E-state index in [1.165, 1.54) is 19.2 Å². The Labute approximate surface area is 207 Å². The molecule has 0 aliphatic carbocycles. The summed E-state index contributed by atoms with van der Waals surface area (Å²) in [5.41, 5.74) is 2.11. The minimum absolute atomic E-state index is 0.164. The second-order valence-electron chi connectivity index (χ2n) is 8.04. The summed E-state index contributed by atoms with van der Waals surface area (Å²) < 4.78 is 24.9. The van der Waals surface area contributed by atoms with Gasteiger partial charge in [-0.2, -0.15) is 0 Å². The first-order valence-corrected chi connectivity index (χ1v) is 11.5. The molecule has 2 amide bonds. The summed E-state index contributed by atoms with van der Waals surface area (Å²) in [4.78, 5) is 27.8. The Bertz CT molecular complexity index is 1230. The van der Waals surface area contributed by atoms with Gasteiger partial charge in [0.1, 0.15) is 11.6 Å². The average Bonchev–Trinajstić information content (AvgIpc) is 2.85. The number of hydrogen-bond acceptors (Lipinski definition) is 5. The smallest absolute Gasteiger partial charge is 0.258 e. The highest BCUT2D eigenvalue weighted by molar-refractivity contribution is 6.30. The molecule has 4 rings (SSSR count). The Hall–Kier alpha value is -3.46. The molecule has 1 fully saturated rings. The first-order valence-electron chi connectivity index (χ1n) is 11.1. The molecule has 3 aromatic rings. The quantitative estimate of drug-likeness (QED) is 0.489. The number of rotatable bonds is 7. The Morgan fingerprint density at radius 1 is 1.03 bits per heavy atom. The van der Waals surface area contributed by atoms with Crippen LogP contribution in [0, 0.1) is 5.82 Å². The lowest BCUT2D eigenvalue weighted by molar-refractivity contribution is 0.0342. The minimum atomic E-state index is -0.740. The van der Waals surface area contributed by atoms with Crippen LogP contribution in [0.5, 0.6) is 5.75 Å². The molecule has 1 aliphatic rings. The molecular formula is C26H25ClFN3O4. The highest BCUT2D eigenvalue weighted by Crippen LogP contribution is 2.29. The van der Waals surface area contributed by atoms with Gasteiger partial charge in [0.25, 0.3) is 11.8 Å². The molecule has 0 saturated carbocycles. The number of anilines is 2. The van der Waals surface area contributed by atoms with Crippen LogP contribution in [0.4, 0.5) is 15.8 Å². The van der Waals surface area contributed by atoms with Crippen LogP contribution in [0.2, 0.25) is 5.02 Å². The van der Waals surface area contributed by atoms with E-state index in [0.29, 0.717) is 30.2 Å². The summed E-state index contributed by atoms with van der Waals surface area (Å²) in [5.74, 6) is -1.34. The normalized spacial score (nSPS) is 13.8. The average molecular weight is 498 g/mol. The molecule has 7 nitrogen and oxygen atoms in total. The van der Waals surface area contributed by atoms with Crippen LogP contribution in [0.25, 0.3) is 0 Å². The highest BCUT2D eigenvalue weighted by atomic mass is 35.5. The molecule has 0 bridgehead atoms. The van der Waals surface area contributed by atoms with Gasteiger partial charge >= 0.3 is 0 Å². The summed E-state index contributed by atoms with van der Waals surface area (Å²) in [6.45, 7) is 3.88. The molecule has 0 aromatic heterocycles. The van der Waals surface area contributed by atoms with Crippen molar-refractivity contribution in [3.8, 4) is 5.75 Å². The Morgan fingerprint density at radius 2 is 1.83 bits per heavy atom. The fraction of sp³-hybridized carbons (Fsp3) is 0.231. The van der Waals surface area contributed by atoms with E-state index in [1.807, 2.05) is 18.2 Å². The van der Waals surface area contributed by atoms with Crippen LogP contribution in [0.15, 0.2) is 60.7 Å². The summed E-state index contributed by atoms with van der Waals surface area (Å²) >= 11 is 5.77. The van der Waals surface area contributed by atoms with Crippen molar-refractivity contribution >= 4 is 34.8 Å². The molecule has 1 heterocycles. The largest absolute Gasteiger partial charge is 0.495 e. The maximum atomic E-state index is 14.2. The SMILES string of the molecule is COc1ccc(NC(=O)c2cccc(CN3CCOCC3)c2)cc1NC(=O)c1ccc(Cl)cc1F. The zero-order valence-electron chi connectivity index (χ0n) is 19.1. The number of benzene rings is 3. The second kappa shape index (κ2) is 11.3. The van der Waals surface area contributed by atoms with Gasteiger partial charge in [-0.3, -0.25) is 14.5 Å². The van der Waals surface area contributed by atoms with Crippen LogP contribution in [-0.2, 0) is 11.3 Å². The van der Waals surface area contributed by atoms with E-state index in [-0.39, 0.29) is 22.2 Å². The van der Waals surface area contributed by atoms with Crippen molar-refractivity contribution in [1.82, 2.24) is 4.90 Å². The van der Waals surface area contributed by atoms with Crippen LogP contribution in [0.1, 0.15) is 26.3 Å². The molecule has 3 aromatic carbocycles. The first-order chi connectivity index (χ1) is 16.9. The second-order valence-corrected chi connectivity index (χ2v) is 8.47. The van der Waals surface area contributed by atoms with E-state index in [0.717, 1.165) is 31.3 Å². The maximum absolute atomic E-state index is 14.2. The lowest BCUT2D eigenvalue weighted by Gasteiger charge is -2.26. The van der Waals surface area contributed by atoms with Crippen molar-refractivity contribution in [1.29, 1.82) is 0 Å². The molecule has 0 atom stereocenters. The minimum Gasteiger partial charge on any atom is -0.495 e. The van der Waals surface area contributed by atoms with Gasteiger partial charge in [-0.25, -0.2) is 4.39 Å². The Balaban J connectivity index is 1.47. The Morgan fingerprint density at radius 3 is 2.57 bits per heavy atom. The number of nitrogens with zero attached hydrogens (tertiary/aromatic N) is 1. The number of morpholine rings is 1. The highest BCUT2D eigenvalue weighted by Gasteiger charge is 2.16. The van der Waals surface area contributed by atoms with Gasteiger partial charge in [0.05, 0.1) is 31.6 Å². The fourth-order valence-corrected chi connectivity index (χ4v) is 3.94. The number of nitrogens with one attached hydrogen (secondary N) is 2. The molecule has 1 saturated heterocycles. The third-order valence-electron chi connectivity index (χ3n) is 5.58. The standard InChI is InChI=1S/C26H25ClFN3O4/c1-34-24-8-6-20(15-23(24)30-26(33)21-7-5-19(27)14-22(21)28)29-25(32)18-4-2-3-17(13-18)16-31-9-11-35-12-10-31/h2-8,13-15H,9-12,16H2,1H3,(H,29,32)(H,30,33). The lowest BCUT2D eigenvalue weighted by atomic mass is 10.1. The number of halogens is 2. The van der Waals surface area contributed by atoms with E-state index in [2.05, 4.69) is 15.5 Å². The van der Waals surface area contributed by atoms with Crippen molar-refractivity contribution in [2.75, 3.05) is 44.0 Å². The van der Waals surface area contributed by atoms with Gasteiger partial charge in [0.15, 0.2) is 0 Å². The van der Waals surface area contributed by atoms with Crippen LogP contribution in [-0.4, -0.2) is 50.1 Å². The van der Waals surface area contributed by atoms with Gasteiger partial charge in [-0.05, 0) is 54.1 Å². The third kappa shape index (κ3) is 6.36. The third-order valence-corrected chi connectivity index (χ3v) is 5.82. The van der Waals surface area contributed by atoms with Crippen LogP contribution in [0.3, 0.4) is 0 Å². The fourth-order valence-electron chi connectivity index (χ4n) is 3.78. The molecule has 35 heavy (non-hydrogen) atoms. The molecular weight excluding hydrogens is 473 g/mol. The van der Waals surface area contributed by atoms with Crippen molar-refractivity contribution < 1.29 is 23.5 Å². The summed E-state index contributed by atoms with van der Waals surface area (Å²) in [6.07, 6.45) is 0. The molecule has 182 valence electrons. The van der Waals surface area contributed by atoms with Gasteiger partial charge in [0, 0.05) is 35.9 Å². The van der Waals surface area contributed by atoms with Gasteiger partial charge in [-0.1, -0.05) is 23.7 Å². The molecule has 2 N–H and O–H groups in total. The topological polar surface area (TPSA) is 79.9 Å². The van der Waals surface area contributed by atoms with Gasteiger partial charge in [0.2, 0.25) is 0 Å². The van der Waals surface area contributed by atoms with Crippen molar-refractivity contribution in [3.05, 3.63) is 88.2 Å².